The number of rotatable bonds is 6. The van der Waals surface area contributed by atoms with Crippen LogP contribution in [0.15, 0.2) is 0 Å². The van der Waals surface area contributed by atoms with Gasteiger partial charge in [-0.1, -0.05) is 0 Å². The maximum Gasteiger partial charge on any atom is 0.307 e. The molecule has 70 valence electrons. The lowest BCUT2D eigenvalue weighted by atomic mass is 10.0. The normalized spacial score (nSPS) is 12.4. The predicted molar refractivity (Wildman–Crippen MR) is 42.9 cm³/mol. The molecule has 0 heterocycles. The molecule has 12 heavy (non-hydrogen) atoms. The van der Waals surface area contributed by atoms with Gasteiger partial charge in [-0.05, 0) is 19.3 Å². The molecule has 5 nitrogen and oxygen atoms in total. The van der Waals surface area contributed by atoms with Crippen molar-refractivity contribution < 1.29 is 24.0 Å². The summed E-state index contributed by atoms with van der Waals surface area (Å²) in [7, 11) is 0. The van der Waals surface area contributed by atoms with E-state index in [1.165, 1.54) is 0 Å². The van der Waals surface area contributed by atoms with Gasteiger partial charge in [-0.25, -0.2) is 0 Å². The number of hydrogen-bond acceptors (Lipinski definition) is 4. The predicted octanol–water partition coefficient (Wildman–Crippen LogP) is 0.413. The third kappa shape index (κ3) is 4.97. The van der Waals surface area contributed by atoms with Crippen LogP contribution < -0.4 is 0 Å². The Balaban J connectivity index is 3.87. The maximum atomic E-state index is 10.4. The molecule has 0 aromatic carbocycles. The Labute approximate surface area is 75.0 Å². The van der Waals surface area contributed by atoms with Crippen molar-refractivity contribution in [2.24, 2.45) is 5.92 Å². The first-order valence-electron chi connectivity index (χ1n) is 3.29. The van der Waals surface area contributed by atoms with Gasteiger partial charge < -0.3 is 14.4 Å². The fraction of sp³-hybridized carbons (Fsp3) is 0.667. The van der Waals surface area contributed by atoms with Crippen LogP contribution in [-0.4, -0.2) is 28.8 Å². The number of carboxylic acid groups (broad SMARTS) is 2. The van der Waals surface area contributed by atoms with Crippen LogP contribution >= 0.6 is 12.9 Å². The molecule has 0 saturated heterocycles. The van der Waals surface area contributed by atoms with Crippen molar-refractivity contribution in [2.45, 2.75) is 12.8 Å². The highest BCUT2D eigenvalue weighted by Crippen LogP contribution is 2.09. The van der Waals surface area contributed by atoms with Crippen molar-refractivity contribution >= 4 is 24.8 Å². The van der Waals surface area contributed by atoms with Gasteiger partial charge in [0.1, 0.15) is 0 Å². The van der Waals surface area contributed by atoms with E-state index in [9.17, 15) is 9.59 Å². The molecule has 1 unspecified atom stereocenters. The first kappa shape index (κ1) is 11.2. The molecule has 0 radical (unpaired) electrons. The number of thiol groups is 1. The molecule has 0 aliphatic rings. The molecule has 0 saturated carbocycles. The summed E-state index contributed by atoms with van der Waals surface area (Å²) in [5.74, 6) is -3.14. The zero-order chi connectivity index (χ0) is 9.56. The molecular formula is C6H10O5S. The molecule has 0 bridgehead atoms. The number of carbonyl (C=O) groups is 2. The number of hydrogen-bond donors (Lipinski definition) is 3. The summed E-state index contributed by atoms with van der Waals surface area (Å²) in [6.07, 6.45) is -0.225. The van der Waals surface area contributed by atoms with Gasteiger partial charge in [0.25, 0.3) is 0 Å². The lowest BCUT2D eigenvalue weighted by molar-refractivity contribution is -0.148. The summed E-state index contributed by atoms with van der Waals surface area (Å²) in [5, 5.41) is 16.8. The summed E-state index contributed by atoms with van der Waals surface area (Å²) < 4.78 is 4.34. The second-order valence-corrected chi connectivity index (χ2v) is 2.51. The maximum absolute atomic E-state index is 10.4. The average Bonchev–Trinajstić information content (AvgIpc) is 1.96. The van der Waals surface area contributed by atoms with Crippen molar-refractivity contribution in [1.29, 1.82) is 0 Å². The van der Waals surface area contributed by atoms with Gasteiger partial charge in [-0.2, -0.15) is 0 Å². The second-order valence-electron chi connectivity index (χ2n) is 2.25. The molecule has 6 heteroatoms. The van der Waals surface area contributed by atoms with E-state index in [1.807, 2.05) is 0 Å². The summed E-state index contributed by atoms with van der Waals surface area (Å²) >= 11 is 3.41. The highest BCUT2D eigenvalue weighted by Gasteiger charge is 2.20. The van der Waals surface area contributed by atoms with Gasteiger partial charge in [-0.3, -0.25) is 9.59 Å². The number of aliphatic carboxylic acids is 2. The molecule has 0 aromatic heterocycles. The van der Waals surface area contributed by atoms with Crippen molar-refractivity contribution in [3.05, 3.63) is 0 Å². The monoisotopic (exact) mass is 194 g/mol. The van der Waals surface area contributed by atoms with E-state index < -0.39 is 17.9 Å². The van der Waals surface area contributed by atoms with E-state index >= 15 is 0 Å². The molecule has 0 spiro atoms. The minimum absolute atomic E-state index is 0.132. The summed E-state index contributed by atoms with van der Waals surface area (Å²) in [6.45, 7) is 0.132. The van der Waals surface area contributed by atoms with Crippen molar-refractivity contribution in [3.8, 4) is 0 Å². The Kier molecular flexibility index (Phi) is 5.48. The minimum Gasteiger partial charge on any atom is -0.481 e. The van der Waals surface area contributed by atoms with E-state index in [2.05, 4.69) is 17.1 Å². The average molecular weight is 194 g/mol. The fourth-order valence-corrected chi connectivity index (χ4v) is 0.824. The standard InChI is InChI=1S/C6H10O5S/c7-5(8)3-4(6(9)10)1-2-11-12/h4,12H,1-3H2,(H,7,8)(H,9,10). The van der Waals surface area contributed by atoms with Crippen LogP contribution in [0.5, 0.6) is 0 Å². The lowest BCUT2D eigenvalue weighted by Crippen LogP contribution is -2.19. The molecule has 0 aliphatic heterocycles. The summed E-state index contributed by atoms with van der Waals surface area (Å²) in [6, 6.07) is 0. The van der Waals surface area contributed by atoms with Crippen molar-refractivity contribution in [2.75, 3.05) is 6.61 Å². The van der Waals surface area contributed by atoms with Gasteiger partial charge in [0, 0.05) is 0 Å². The molecule has 2 N–H and O–H groups in total. The zero-order valence-corrected chi connectivity index (χ0v) is 7.16. The SMILES string of the molecule is O=C(O)CC(CCOS)C(=O)O. The van der Waals surface area contributed by atoms with Gasteiger partial charge in [-0.15, -0.1) is 0 Å². The Morgan fingerprint density at radius 2 is 2.00 bits per heavy atom. The van der Waals surface area contributed by atoms with Crippen LogP contribution in [0.3, 0.4) is 0 Å². The Morgan fingerprint density at radius 3 is 2.33 bits per heavy atom. The molecule has 1 atom stereocenters. The lowest BCUT2D eigenvalue weighted by Gasteiger charge is -2.07. The summed E-state index contributed by atoms with van der Waals surface area (Å²) in [4.78, 5) is 20.6. The van der Waals surface area contributed by atoms with Gasteiger partial charge >= 0.3 is 11.9 Å². The highest BCUT2D eigenvalue weighted by atomic mass is 32.1. The largest absolute Gasteiger partial charge is 0.481 e. The Hall–Kier alpha value is -0.750. The third-order valence-electron chi connectivity index (χ3n) is 1.33. The minimum atomic E-state index is -1.12. The second kappa shape index (κ2) is 5.84. The van der Waals surface area contributed by atoms with E-state index in [-0.39, 0.29) is 19.4 Å². The van der Waals surface area contributed by atoms with Crippen LogP contribution in [-0.2, 0) is 13.8 Å². The molecule has 0 aliphatic carbocycles. The fourth-order valence-electron chi connectivity index (χ4n) is 0.719. The van der Waals surface area contributed by atoms with Crippen LogP contribution in [0.4, 0.5) is 0 Å². The van der Waals surface area contributed by atoms with Crippen LogP contribution in [0.2, 0.25) is 0 Å². The first-order chi connectivity index (χ1) is 5.57. The Morgan fingerprint density at radius 1 is 1.42 bits per heavy atom. The Bertz CT molecular complexity index is 169. The van der Waals surface area contributed by atoms with Crippen LogP contribution in [0.1, 0.15) is 12.8 Å². The molecule has 0 rings (SSSR count). The quantitative estimate of drug-likeness (QED) is 0.421. The highest BCUT2D eigenvalue weighted by molar-refractivity contribution is 7.75. The van der Waals surface area contributed by atoms with E-state index in [1.54, 1.807) is 0 Å². The molecule has 0 amide bonds. The van der Waals surface area contributed by atoms with E-state index in [0.29, 0.717) is 0 Å². The van der Waals surface area contributed by atoms with Crippen LogP contribution in [0.25, 0.3) is 0 Å². The van der Waals surface area contributed by atoms with E-state index in [0.717, 1.165) is 0 Å². The topological polar surface area (TPSA) is 83.8 Å². The molecule has 0 aromatic rings. The van der Waals surface area contributed by atoms with Gasteiger partial charge in [0.2, 0.25) is 0 Å². The van der Waals surface area contributed by atoms with E-state index in [4.69, 9.17) is 10.2 Å². The van der Waals surface area contributed by atoms with Crippen LogP contribution in [0, 0.1) is 5.92 Å². The molecule has 0 fully saturated rings. The third-order valence-corrected chi connectivity index (χ3v) is 1.51. The van der Waals surface area contributed by atoms with Gasteiger partial charge in [0.15, 0.2) is 0 Å². The molecular weight excluding hydrogens is 184 g/mol. The smallest absolute Gasteiger partial charge is 0.307 e. The van der Waals surface area contributed by atoms with Crippen molar-refractivity contribution in [3.63, 3.8) is 0 Å². The van der Waals surface area contributed by atoms with Gasteiger partial charge in [0.05, 0.1) is 18.9 Å². The summed E-state index contributed by atoms with van der Waals surface area (Å²) in [5.41, 5.74) is 0. The number of carboxylic acids is 2. The van der Waals surface area contributed by atoms with Crippen molar-refractivity contribution in [1.82, 2.24) is 0 Å². The first-order valence-corrected chi connectivity index (χ1v) is 3.65. The zero-order valence-electron chi connectivity index (χ0n) is 6.27.